The number of benzene rings is 2. The van der Waals surface area contributed by atoms with E-state index in [9.17, 15) is 0 Å². The fraction of sp³-hybridized carbons (Fsp3) is 0.600. The standard InChI is InChI=1S/C30H51BO4Si2/c1-21(2)36(22(3)4,23(5)6)34-29-17-13-27(14-18-29)32-31-33-28-15-19-30(20-16-28)35-37(24(7)8,25(9)10)26(11)12/h13-26,31H,1-12H3. The van der Waals surface area contributed by atoms with Crippen LogP contribution >= 0.6 is 0 Å². The number of hydrogen-bond acceptors (Lipinski definition) is 4. The van der Waals surface area contributed by atoms with Crippen molar-refractivity contribution in [3.63, 3.8) is 0 Å². The summed E-state index contributed by atoms with van der Waals surface area (Å²) < 4.78 is 25.2. The summed E-state index contributed by atoms with van der Waals surface area (Å²) in [4.78, 5) is 0. The third-order valence-corrected chi connectivity index (χ3v) is 20.1. The first kappa shape index (κ1) is 31.4. The van der Waals surface area contributed by atoms with E-state index in [1.807, 2.05) is 48.5 Å². The highest BCUT2D eigenvalue weighted by Gasteiger charge is 2.47. The van der Waals surface area contributed by atoms with Gasteiger partial charge in [-0.1, -0.05) is 83.1 Å². The fourth-order valence-corrected chi connectivity index (χ4v) is 17.0. The topological polar surface area (TPSA) is 36.9 Å². The van der Waals surface area contributed by atoms with E-state index in [4.69, 9.17) is 18.2 Å². The quantitative estimate of drug-likeness (QED) is 0.223. The molecule has 7 heteroatoms. The molecule has 0 saturated heterocycles. The molecule has 2 aromatic carbocycles. The average molecular weight is 543 g/mol. The molecule has 0 atom stereocenters. The van der Waals surface area contributed by atoms with Crippen LogP contribution in [0, 0.1) is 0 Å². The van der Waals surface area contributed by atoms with Gasteiger partial charge in [0.2, 0.25) is 0 Å². The molecule has 2 aromatic rings. The lowest BCUT2D eigenvalue weighted by Gasteiger charge is -2.42. The molecule has 0 amide bonds. The van der Waals surface area contributed by atoms with E-state index in [-0.39, 0.29) is 7.69 Å². The van der Waals surface area contributed by atoms with Gasteiger partial charge in [-0.15, -0.1) is 0 Å². The minimum absolute atomic E-state index is 0.145. The van der Waals surface area contributed by atoms with Crippen molar-refractivity contribution in [2.75, 3.05) is 0 Å². The van der Waals surface area contributed by atoms with Crippen molar-refractivity contribution < 1.29 is 18.2 Å². The second-order valence-electron chi connectivity index (χ2n) is 12.2. The first-order valence-corrected chi connectivity index (χ1v) is 18.4. The predicted octanol–water partition coefficient (Wildman–Crippen LogP) is 9.52. The molecule has 0 aliphatic heterocycles. The van der Waals surface area contributed by atoms with E-state index in [1.54, 1.807) is 0 Å². The van der Waals surface area contributed by atoms with Crippen molar-refractivity contribution in [2.45, 2.75) is 116 Å². The fourth-order valence-electron chi connectivity index (χ4n) is 6.49. The van der Waals surface area contributed by atoms with Crippen LogP contribution in [0.4, 0.5) is 0 Å². The maximum Gasteiger partial charge on any atom is 0.576 e. The highest BCUT2D eigenvalue weighted by molar-refractivity contribution is 6.78. The van der Waals surface area contributed by atoms with E-state index >= 15 is 0 Å². The van der Waals surface area contributed by atoms with Crippen molar-refractivity contribution in [1.29, 1.82) is 0 Å². The second-order valence-corrected chi connectivity index (χ2v) is 22.9. The van der Waals surface area contributed by atoms with E-state index in [2.05, 4.69) is 83.1 Å². The van der Waals surface area contributed by atoms with Crippen molar-refractivity contribution in [2.24, 2.45) is 0 Å². The Bertz CT molecular complexity index is 820. The molecule has 2 rings (SSSR count). The van der Waals surface area contributed by atoms with Crippen LogP contribution in [-0.2, 0) is 0 Å². The minimum atomic E-state index is -1.97. The molecule has 0 N–H and O–H groups in total. The van der Waals surface area contributed by atoms with E-state index in [0.717, 1.165) is 23.0 Å². The van der Waals surface area contributed by atoms with Crippen LogP contribution in [0.5, 0.6) is 23.0 Å². The molecule has 0 aliphatic rings. The minimum Gasteiger partial charge on any atom is -0.543 e. The van der Waals surface area contributed by atoms with Gasteiger partial charge >= 0.3 is 7.69 Å². The Kier molecular flexibility index (Phi) is 11.3. The Morgan fingerprint density at radius 2 is 0.622 bits per heavy atom. The van der Waals surface area contributed by atoms with E-state index in [1.165, 1.54) is 0 Å². The molecule has 37 heavy (non-hydrogen) atoms. The summed E-state index contributed by atoms with van der Waals surface area (Å²) in [5, 5.41) is 0. The van der Waals surface area contributed by atoms with Crippen LogP contribution in [0.3, 0.4) is 0 Å². The van der Waals surface area contributed by atoms with Crippen LogP contribution in [0.15, 0.2) is 48.5 Å². The van der Waals surface area contributed by atoms with Crippen LogP contribution in [-0.4, -0.2) is 24.3 Å². The molecule has 0 bridgehead atoms. The summed E-state index contributed by atoms with van der Waals surface area (Å²) in [6.07, 6.45) is 0. The van der Waals surface area contributed by atoms with Gasteiger partial charge in [0.25, 0.3) is 16.6 Å². The maximum absolute atomic E-state index is 6.75. The van der Waals surface area contributed by atoms with Gasteiger partial charge in [-0.05, 0) is 81.8 Å². The Morgan fingerprint density at radius 3 is 0.838 bits per heavy atom. The number of rotatable bonds is 14. The van der Waals surface area contributed by atoms with E-state index in [0.29, 0.717) is 33.2 Å². The van der Waals surface area contributed by atoms with Crippen molar-refractivity contribution in [3.05, 3.63) is 48.5 Å². The van der Waals surface area contributed by atoms with Gasteiger partial charge in [0.1, 0.15) is 23.0 Å². The Balaban J connectivity index is 1.98. The molecule has 0 aromatic heterocycles. The van der Waals surface area contributed by atoms with Crippen LogP contribution in [0.1, 0.15) is 83.1 Å². The Hall–Kier alpha value is -1.86. The lowest BCUT2D eigenvalue weighted by molar-refractivity contribution is 0.453. The van der Waals surface area contributed by atoms with Gasteiger partial charge in [0.05, 0.1) is 0 Å². The highest BCUT2D eigenvalue weighted by atomic mass is 28.4. The van der Waals surface area contributed by atoms with Gasteiger partial charge in [-0.2, -0.15) is 0 Å². The predicted molar refractivity (Wildman–Crippen MR) is 165 cm³/mol. The SMILES string of the molecule is CC(C)[Si](Oc1ccc(OBOc2ccc(O[Si](C(C)C)(C(C)C)C(C)C)cc2)cc1)(C(C)C)C(C)C. The average Bonchev–Trinajstić information content (AvgIpc) is 2.81. The molecule has 4 nitrogen and oxygen atoms in total. The largest absolute Gasteiger partial charge is 0.576 e. The van der Waals surface area contributed by atoms with E-state index < -0.39 is 16.6 Å². The zero-order valence-corrected chi connectivity index (χ0v) is 27.4. The molecule has 0 heterocycles. The van der Waals surface area contributed by atoms with Gasteiger partial charge in [0, 0.05) is 0 Å². The third-order valence-electron chi connectivity index (χ3n) is 8.10. The first-order chi connectivity index (χ1) is 17.3. The van der Waals surface area contributed by atoms with Crippen LogP contribution in [0.2, 0.25) is 33.2 Å². The molecule has 0 aliphatic carbocycles. The molecule has 0 spiro atoms. The number of hydrogen-bond donors (Lipinski definition) is 0. The molecular formula is C30H51BO4Si2. The third kappa shape index (κ3) is 7.17. The lowest BCUT2D eigenvalue weighted by atomic mass is 10.3. The monoisotopic (exact) mass is 542 g/mol. The Morgan fingerprint density at radius 1 is 0.405 bits per heavy atom. The smallest absolute Gasteiger partial charge is 0.543 e. The zero-order valence-electron chi connectivity index (χ0n) is 25.4. The summed E-state index contributed by atoms with van der Waals surface area (Å²) in [6, 6.07) is 15.9. The summed E-state index contributed by atoms with van der Waals surface area (Å²) in [5.74, 6) is 3.38. The second kappa shape index (κ2) is 13.3. The molecular weight excluding hydrogens is 491 g/mol. The first-order valence-electron chi connectivity index (χ1n) is 14.1. The van der Waals surface area contributed by atoms with Gasteiger partial charge < -0.3 is 18.2 Å². The van der Waals surface area contributed by atoms with Gasteiger partial charge in [0.15, 0.2) is 0 Å². The normalized spacial score (nSPS) is 12.7. The zero-order chi connectivity index (χ0) is 28.0. The summed E-state index contributed by atoms with van der Waals surface area (Å²) in [6.45, 7) is 27.6. The molecule has 0 unspecified atom stereocenters. The van der Waals surface area contributed by atoms with Crippen molar-refractivity contribution in [3.8, 4) is 23.0 Å². The molecule has 0 radical (unpaired) electrons. The highest BCUT2D eigenvalue weighted by Crippen LogP contribution is 2.44. The van der Waals surface area contributed by atoms with Crippen LogP contribution in [0.25, 0.3) is 0 Å². The Labute approximate surface area is 230 Å². The molecule has 206 valence electrons. The van der Waals surface area contributed by atoms with Crippen molar-refractivity contribution in [1.82, 2.24) is 0 Å². The molecule has 0 fully saturated rings. The van der Waals surface area contributed by atoms with Crippen LogP contribution < -0.4 is 18.2 Å². The maximum atomic E-state index is 6.75. The molecule has 0 saturated carbocycles. The van der Waals surface area contributed by atoms with Gasteiger partial charge in [-0.3, -0.25) is 0 Å². The summed E-state index contributed by atoms with van der Waals surface area (Å²) in [5.41, 5.74) is 3.21. The van der Waals surface area contributed by atoms with Crippen molar-refractivity contribution >= 4 is 24.3 Å². The summed E-state index contributed by atoms with van der Waals surface area (Å²) >= 11 is 0. The van der Waals surface area contributed by atoms with Gasteiger partial charge in [-0.25, -0.2) is 0 Å². The lowest BCUT2D eigenvalue weighted by Crippen LogP contribution is -2.50. The summed E-state index contributed by atoms with van der Waals surface area (Å²) in [7, 11) is -3.79.